The molecule has 4 heteroatoms. The van der Waals surface area contributed by atoms with Gasteiger partial charge in [0.1, 0.15) is 0 Å². The van der Waals surface area contributed by atoms with Crippen molar-refractivity contribution < 1.29 is 0 Å². The average Bonchev–Trinajstić information content (AvgIpc) is 2.40. The van der Waals surface area contributed by atoms with Crippen LogP contribution < -0.4 is 5.32 Å². The molecule has 0 amide bonds. The van der Waals surface area contributed by atoms with Crippen LogP contribution in [0.1, 0.15) is 18.0 Å². The SMILES string of the molecule is C=CC[C@H](c1cc(Br)ccc1Cl)N1CCNCC1. The summed E-state index contributed by atoms with van der Waals surface area (Å²) in [5.41, 5.74) is 1.19. The minimum absolute atomic E-state index is 0.328. The number of rotatable bonds is 4. The zero-order chi connectivity index (χ0) is 13.0. The Labute approximate surface area is 122 Å². The molecule has 1 N–H and O–H groups in total. The molecular weight excluding hydrogens is 312 g/mol. The van der Waals surface area contributed by atoms with Crippen molar-refractivity contribution in [1.82, 2.24) is 10.2 Å². The molecule has 0 aliphatic carbocycles. The zero-order valence-corrected chi connectivity index (χ0v) is 12.7. The molecule has 18 heavy (non-hydrogen) atoms. The van der Waals surface area contributed by atoms with Crippen molar-refractivity contribution in [3.63, 3.8) is 0 Å². The van der Waals surface area contributed by atoms with Gasteiger partial charge >= 0.3 is 0 Å². The first-order valence-corrected chi connectivity index (χ1v) is 7.40. The Balaban J connectivity index is 2.27. The minimum atomic E-state index is 0.328. The van der Waals surface area contributed by atoms with E-state index in [2.05, 4.69) is 38.8 Å². The van der Waals surface area contributed by atoms with Crippen molar-refractivity contribution in [1.29, 1.82) is 0 Å². The number of benzene rings is 1. The van der Waals surface area contributed by atoms with E-state index in [0.29, 0.717) is 6.04 Å². The Bertz CT molecular complexity index is 416. The summed E-state index contributed by atoms with van der Waals surface area (Å²) in [4.78, 5) is 2.48. The first-order valence-electron chi connectivity index (χ1n) is 6.23. The maximum absolute atomic E-state index is 6.35. The summed E-state index contributed by atoms with van der Waals surface area (Å²) in [6, 6.07) is 6.39. The summed E-state index contributed by atoms with van der Waals surface area (Å²) in [5, 5.41) is 4.22. The molecule has 0 saturated carbocycles. The molecule has 0 bridgehead atoms. The second kappa shape index (κ2) is 6.71. The molecule has 2 nitrogen and oxygen atoms in total. The van der Waals surface area contributed by atoms with Crippen LogP contribution >= 0.6 is 27.5 Å². The highest BCUT2D eigenvalue weighted by Crippen LogP contribution is 2.32. The predicted molar refractivity (Wildman–Crippen MR) is 81.1 cm³/mol. The quantitative estimate of drug-likeness (QED) is 0.849. The Morgan fingerprint density at radius 1 is 1.44 bits per heavy atom. The first-order chi connectivity index (χ1) is 8.72. The molecule has 1 aliphatic heterocycles. The van der Waals surface area contributed by atoms with Gasteiger partial charge in [-0.3, -0.25) is 4.90 Å². The Morgan fingerprint density at radius 2 is 2.17 bits per heavy atom. The monoisotopic (exact) mass is 328 g/mol. The van der Waals surface area contributed by atoms with E-state index in [9.17, 15) is 0 Å². The van der Waals surface area contributed by atoms with Crippen LogP contribution in [-0.4, -0.2) is 31.1 Å². The number of nitrogens with zero attached hydrogens (tertiary/aromatic N) is 1. The topological polar surface area (TPSA) is 15.3 Å². The second-order valence-electron chi connectivity index (χ2n) is 4.49. The van der Waals surface area contributed by atoms with Crippen LogP contribution in [0.3, 0.4) is 0 Å². The van der Waals surface area contributed by atoms with Crippen molar-refractivity contribution >= 4 is 27.5 Å². The number of hydrogen-bond acceptors (Lipinski definition) is 2. The summed E-state index contributed by atoms with van der Waals surface area (Å²) >= 11 is 9.87. The summed E-state index contributed by atoms with van der Waals surface area (Å²) in [6.07, 6.45) is 2.90. The van der Waals surface area contributed by atoms with Crippen LogP contribution in [0.25, 0.3) is 0 Å². The lowest BCUT2D eigenvalue weighted by Crippen LogP contribution is -2.45. The van der Waals surface area contributed by atoms with Gasteiger partial charge in [-0.1, -0.05) is 33.6 Å². The molecule has 1 atom stereocenters. The van der Waals surface area contributed by atoms with E-state index in [1.165, 1.54) is 5.56 Å². The summed E-state index contributed by atoms with van der Waals surface area (Å²) < 4.78 is 1.08. The van der Waals surface area contributed by atoms with E-state index in [4.69, 9.17) is 11.6 Å². The van der Waals surface area contributed by atoms with E-state index < -0.39 is 0 Å². The number of halogens is 2. The van der Waals surface area contributed by atoms with Gasteiger partial charge in [0.25, 0.3) is 0 Å². The molecule has 1 saturated heterocycles. The molecule has 0 unspecified atom stereocenters. The van der Waals surface area contributed by atoms with Crippen LogP contribution in [0.4, 0.5) is 0 Å². The van der Waals surface area contributed by atoms with Crippen LogP contribution in [0.5, 0.6) is 0 Å². The van der Waals surface area contributed by atoms with Crippen molar-refractivity contribution in [3.05, 3.63) is 45.9 Å². The van der Waals surface area contributed by atoms with Crippen molar-refractivity contribution in [2.45, 2.75) is 12.5 Å². The maximum atomic E-state index is 6.35. The molecule has 0 aromatic heterocycles. The third-order valence-corrected chi connectivity index (χ3v) is 4.14. The fourth-order valence-corrected chi connectivity index (χ4v) is 3.02. The van der Waals surface area contributed by atoms with Gasteiger partial charge in [0, 0.05) is 41.7 Å². The maximum Gasteiger partial charge on any atom is 0.0454 e. The highest BCUT2D eigenvalue weighted by molar-refractivity contribution is 9.10. The standard InChI is InChI=1S/C14H18BrClN2/c1-2-3-14(18-8-6-17-7-9-18)12-10-11(15)4-5-13(12)16/h2,4-5,10,14,17H,1,3,6-9H2/t14-/m1/s1. The molecule has 0 radical (unpaired) electrons. The zero-order valence-electron chi connectivity index (χ0n) is 10.3. The number of nitrogens with one attached hydrogen (secondary N) is 1. The number of hydrogen-bond donors (Lipinski definition) is 1. The molecule has 1 aromatic rings. The van der Waals surface area contributed by atoms with Crippen LogP contribution in [-0.2, 0) is 0 Å². The van der Waals surface area contributed by atoms with Gasteiger partial charge in [0.15, 0.2) is 0 Å². The Morgan fingerprint density at radius 3 is 2.83 bits per heavy atom. The van der Waals surface area contributed by atoms with Gasteiger partial charge in [-0.05, 0) is 30.2 Å². The van der Waals surface area contributed by atoms with Gasteiger partial charge < -0.3 is 5.32 Å². The minimum Gasteiger partial charge on any atom is -0.314 e. The summed E-state index contributed by atoms with van der Waals surface area (Å²) in [5.74, 6) is 0. The lowest BCUT2D eigenvalue weighted by molar-refractivity contribution is 0.174. The largest absolute Gasteiger partial charge is 0.314 e. The van der Waals surface area contributed by atoms with Crippen LogP contribution in [0.2, 0.25) is 5.02 Å². The third kappa shape index (κ3) is 3.35. The first kappa shape index (κ1) is 14.1. The smallest absolute Gasteiger partial charge is 0.0454 e. The van der Waals surface area contributed by atoms with Crippen molar-refractivity contribution in [2.75, 3.05) is 26.2 Å². The lowest BCUT2D eigenvalue weighted by Gasteiger charge is -2.35. The molecular formula is C14H18BrClN2. The third-order valence-electron chi connectivity index (χ3n) is 3.30. The fraction of sp³-hybridized carbons (Fsp3) is 0.429. The van der Waals surface area contributed by atoms with E-state index in [0.717, 1.165) is 42.1 Å². The normalized spacial score (nSPS) is 18.6. The highest BCUT2D eigenvalue weighted by atomic mass is 79.9. The fourth-order valence-electron chi connectivity index (χ4n) is 2.39. The summed E-state index contributed by atoms with van der Waals surface area (Å²) in [6.45, 7) is 8.07. The van der Waals surface area contributed by atoms with Gasteiger partial charge in [-0.2, -0.15) is 0 Å². The highest BCUT2D eigenvalue weighted by Gasteiger charge is 2.22. The molecule has 2 rings (SSSR count). The molecule has 1 fully saturated rings. The molecule has 98 valence electrons. The van der Waals surface area contributed by atoms with Gasteiger partial charge in [0.05, 0.1) is 0 Å². The Kier molecular flexibility index (Phi) is 5.25. The van der Waals surface area contributed by atoms with E-state index in [1.54, 1.807) is 0 Å². The van der Waals surface area contributed by atoms with Gasteiger partial charge in [-0.15, -0.1) is 6.58 Å². The average molecular weight is 330 g/mol. The van der Waals surface area contributed by atoms with E-state index in [-0.39, 0.29) is 0 Å². The summed E-state index contributed by atoms with van der Waals surface area (Å²) in [7, 11) is 0. The van der Waals surface area contributed by atoms with Gasteiger partial charge in [-0.25, -0.2) is 0 Å². The van der Waals surface area contributed by atoms with Crippen molar-refractivity contribution in [3.8, 4) is 0 Å². The van der Waals surface area contributed by atoms with Crippen LogP contribution in [0, 0.1) is 0 Å². The second-order valence-corrected chi connectivity index (χ2v) is 5.81. The molecule has 1 aliphatic rings. The predicted octanol–water partition coefficient (Wildman–Crippen LogP) is 3.62. The van der Waals surface area contributed by atoms with Crippen molar-refractivity contribution in [2.24, 2.45) is 0 Å². The van der Waals surface area contributed by atoms with E-state index >= 15 is 0 Å². The molecule has 1 heterocycles. The number of piperazine rings is 1. The lowest BCUT2D eigenvalue weighted by atomic mass is 10.0. The molecule has 0 spiro atoms. The molecule has 1 aromatic carbocycles. The van der Waals surface area contributed by atoms with Crippen LogP contribution in [0.15, 0.2) is 35.3 Å². The Hall–Kier alpha value is -0.350. The van der Waals surface area contributed by atoms with Gasteiger partial charge in [0.2, 0.25) is 0 Å². The van der Waals surface area contributed by atoms with E-state index in [1.807, 2.05) is 18.2 Å².